The van der Waals surface area contributed by atoms with Crippen molar-refractivity contribution in [2.45, 2.75) is 34.1 Å². The predicted octanol–water partition coefficient (Wildman–Crippen LogP) is 2.65. The molecule has 1 fully saturated rings. The van der Waals surface area contributed by atoms with Crippen LogP contribution in [-0.4, -0.2) is 0 Å². The Morgan fingerprint density at radius 1 is 1.50 bits per heavy atom. The highest BCUT2D eigenvalue weighted by Crippen LogP contribution is 2.57. The van der Waals surface area contributed by atoms with E-state index >= 15 is 0 Å². The van der Waals surface area contributed by atoms with Crippen LogP contribution in [0.15, 0.2) is 0 Å². The second-order valence-corrected chi connectivity index (χ2v) is 3.52. The average Bonchev–Trinajstić information content (AvgIpc) is 2.17. The highest BCUT2D eigenvalue weighted by Gasteiger charge is 2.39. The zero-order chi connectivity index (χ0) is 6.36. The molecule has 0 aromatic rings. The highest BCUT2D eigenvalue weighted by atomic mass is 14.5. The van der Waals surface area contributed by atoms with Gasteiger partial charge in [-0.1, -0.05) is 26.2 Å². The zero-order valence-corrected chi connectivity index (χ0v) is 6.28. The molecule has 8 heavy (non-hydrogen) atoms. The molecule has 1 aliphatic carbocycles. The molecule has 48 valence electrons. The van der Waals surface area contributed by atoms with Gasteiger partial charge in [0.2, 0.25) is 0 Å². The Balaban J connectivity index is 2.47. The summed E-state index contributed by atoms with van der Waals surface area (Å²) < 4.78 is 0. The summed E-state index contributed by atoms with van der Waals surface area (Å²) in [5.41, 5.74) is 0.625. The molecule has 2 unspecified atom stereocenters. The van der Waals surface area contributed by atoms with Gasteiger partial charge in [0.05, 0.1) is 0 Å². The van der Waals surface area contributed by atoms with Crippen molar-refractivity contribution >= 4 is 0 Å². The maximum Gasteiger partial charge on any atom is -0.0645 e. The number of hydrogen-bond acceptors (Lipinski definition) is 0. The van der Waals surface area contributed by atoms with E-state index in [1.807, 2.05) is 0 Å². The van der Waals surface area contributed by atoms with E-state index in [2.05, 4.69) is 27.7 Å². The van der Waals surface area contributed by atoms with E-state index in [0.717, 1.165) is 5.92 Å². The average molecular weight is 111 g/mol. The largest absolute Gasteiger partial charge is 0.314 e. The first-order valence-corrected chi connectivity index (χ1v) is 3.38. The van der Waals surface area contributed by atoms with Gasteiger partial charge in [0.15, 0.2) is 0 Å². The fraction of sp³-hybridized carbons (Fsp3) is 0.875. The zero-order valence-electron chi connectivity index (χ0n) is 6.28. The summed E-state index contributed by atoms with van der Waals surface area (Å²) in [5, 5.41) is 0. The van der Waals surface area contributed by atoms with Gasteiger partial charge in [0, 0.05) is 0 Å². The van der Waals surface area contributed by atoms with Crippen molar-refractivity contribution in [2.75, 3.05) is 0 Å². The minimum atomic E-state index is 0.625. The van der Waals surface area contributed by atoms with E-state index in [1.54, 1.807) is 5.92 Å². The molecule has 0 N–H and O–H groups in total. The normalized spacial score (nSPS) is 45.4. The van der Waals surface area contributed by atoms with E-state index in [-0.39, 0.29) is 0 Å². The fourth-order valence-electron chi connectivity index (χ4n) is 1.27. The molecule has 0 aromatic carbocycles. The Morgan fingerprint density at radius 2 is 1.88 bits per heavy atom. The minimum Gasteiger partial charge on any atom is -0.314 e. The molecule has 0 saturated heterocycles. The van der Waals surface area contributed by atoms with E-state index in [1.165, 1.54) is 6.42 Å². The van der Waals surface area contributed by atoms with Crippen LogP contribution in [0.5, 0.6) is 0 Å². The molecule has 0 heterocycles. The van der Waals surface area contributed by atoms with Crippen molar-refractivity contribution in [3.05, 3.63) is 5.92 Å². The lowest BCUT2D eigenvalue weighted by Crippen LogP contribution is -2.03. The van der Waals surface area contributed by atoms with Gasteiger partial charge in [-0.05, 0) is 0 Å². The first-order chi connectivity index (χ1) is 3.57. The fourth-order valence-corrected chi connectivity index (χ4v) is 1.27. The Hall–Kier alpha value is 0. The van der Waals surface area contributed by atoms with Crippen molar-refractivity contribution in [1.29, 1.82) is 0 Å². The molecule has 0 bridgehead atoms. The molecule has 0 aromatic heterocycles. The molecular formula is C8H15-. The van der Waals surface area contributed by atoms with Gasteiger partial charge in [-0.2, -0.15) is 19.3 Å². The van der Waals surface area contributed by atoms with Crippen molar-refractivity contribution < 1.29 is 0 Å². The lowest BCUT2D eigenvalue weighted by molar-refractivity contribution is 0.543. The molecule has 1 rings (SSSR count). The lowest BCUT2D eigenvalue weighted by atomic mass is 9.93. The topological polar surface area (TPSA) is 0 Å². The van der Waals surface area contributed by atoms with E-state index in [0.29, 0.717) is 5.41 Å². The molecule has 1 saturated carbocycles. The van der Waals surface area contributed by atoms with Crippen LogP contribution in [0, 0.1) is 17.3 Å². The molecule has 0 spiro atoms. The summed E-state index contributed by atoms with van der Waals surface area (Å²) in [6, 6.07) is 0. The quantitative estimate of drug-likeness (QED) is 0.456. The molecule has 0 aliphatic heterocycles. The summed E-state index contributed by atoms with van der Waals surface area (Å²) in [4.78, 5) is 0. The van der Waals surface area contributed by atoms with E-state index in [9.17, 15) is 0 Å². The third kappa shape index (κ3) is 0.667. The van der Waals surface area contributed by atoms with Gasteiger partial charge in [-0.25, -0.2) is 0 Å². The SMILES string of the molecule is C[C-](C)C1(C)CC1C. The van der Waals surface area contributed by atoms with Crippen molar-refractivity contribution in [3.63, 3.8) is 0 Å². The summed E-state index contributed by atoms with van der Waals surface area (Å²) in [7, 11) is 0. The maximum atomic E-state index is 2.35. The Morgan fingerprint density at radius 3 is 1.88 bits per heavy atom. The molecule has 0 radical (unpaired) electrons. The van der Waals surface area contributed by atoms with Gasteiger partial charge in [-0.3, -0.25) is 0 Å². The lowest BCUT2D eigenvalue weighted by Gasteiger charge is -2.28. The van der Waals surface area contributed by atoms with Crippen LogP contribution in [0.2, 0.25) is 0 Å². The van der Waals surface area contributed by atoms with Gasteiger partial charge < -0.3 is 5.92 Å². The van der Waals surface area contributed by atoms with Crippen molar-refractivity contribution in [3.8, 4) is 0 Å². The summed E-state index contributed by atoms with van der Waals surface area (Å²) in [5.74, 6) is 2.55. The number of rotatable bonds is 1. The van der Waals surface area contributed by atoms with E-state index in [4.69, 9.17) is 0 Å². The predicted molar refractivity (Wildman–Crippen MR) is 36.5 cm³/mol. The second-order valence-electron chi connectivity index (χ2n) is 3.52. The monoisotopic (exact) mass is 111 g/mol. The first-order valence-electron chi connectivity index (χ1n) is 3.38. The molecule has 0 heteroatoms. The van der Waals surface area contributed by atoms with Gasteiger partial charge >= 0.3 is 0 Å². The van der Waals surface area contributed by atoms with Crippen molar-refractivity contribution in [1.82, 2.24) is 0 Å². The molecule has 2 atom stereocenters. The van der Waals surface area contributed by atoms with Crippen LogP contribution in [0.3, 0.4) is 0 Å². The van der Waals surface area contributed by atoms with Crippen LogP contribution >= 0.6 is 0 Å². The molecular weight excluding hydrogens is 96.1 g/mol. The summed E-state index contributed by atoms with van der Waals surface area (Å²) >= 11 is 0. The van der Waals surface area contributed by atoms with Gasteiger partial charge in [0.1, 0.15) is 0 Å². The number of hydrogen-bond donors (Lipinski definition) is 0. The third-order valence-electron chi connectivity index (χ3n) is 2.80. The Bertz CT molecular complexity index is 94.2. The smallest absolute Gasteiger partial charge is 0.0645 e. The first kappa shape index (κ1) is 6.12. The van der Waals surface area contributed by atoms with Gasteiger partial charge in [0.25, 0.3) is 0 Å². The molecule has 0 amide bonds. The second kappa shape index (κ2) is 1.49. The van der Waals surface area contributed by atoms with Crippen LogP contribution in [0.4, 0.5) is 0 Å². The summed E-state index contributed by atoms with van der Waals surface area (Å²) in [6.07, 6.45) is 1.41. The van der Waals surface area contributed by atoms with Crippen LogP contribution < -0.4 is 0 Å². The van der Waals surface area contributed by atoms with Crippen LogP contribution in [0.25, 0.3) is 0 Å². The maximum absolute atomic E-state index is 2.35. The standard InChI is InChI=1S/C8H15/c1-6(2)8(4)5-7(8)3/h7H,5H2,1-4H3/q-1. The molecule has 0 nitrogen and oxygen atoms in total. The summed E-state index contributed by atoms with van der Waals surface area (Å²) in [6.45, 7) is 9.16. The molecule has 1 aliphatic rings. The Kier molecular flexibility index (Phi) is 1.14. The van der Waals surface area contributed by atoms with Crippen LogP contribution in [0.1, 0.15) is 34.1 Å². The third-order valence-corrected chi connectivity index (χ3v) is 2.80. The van der Waals surface area contributed by atoms with Crippen LogP contribution in [-0.2, 0) is 0 Å². The highest BCUT2D eigenvalue weighted by molar-refractivity contribution is 5.11. The Labute approximate surface area is 52.3 Å². The van der Waals surface area contributed by atoms with Crippen molar-refractivity contribution in [2.24, 2.45) is 11.3 Å². The van der Waals surface area contributed by atoms with E-state index < -0.39 is 0 Å². The minimum absolute atomic E-state index is 0.625. The van der Waals surface area contributed by atoms with Gasteiger partial charge in [-0.15, -0.1) is 0 Å².